The highest BCUT2D eigenvalue weighted by Crippen LogP contribution is 2.39. The molecular formula is C16H16N2O7S2. The van der Waals surface area contributed by atoms with Gasteiger partial charge in [-0.1, -0.05) is 24.0 Å². The number of rotatable bonds is 7. The van der Waals surface area contributed by atoms with Crippen LogP contribution in [-0.2, 0) is 14.3 Å². The molecule has 0 bridgehead atoms. The second kappa shape index (κ2) is 8.82. The summed E-state index contributed by atoms with van der Waals surface area (Å²) in [6, 6.07) is 2.52. The fourth-order valence-corrected chi connectivity index (χ4v) is 3.63. The number of benzene rings is 1. The number of esters is 1. The fourth-order valence-electron chi connectivity index (χ4n) is 2.32. The van der Waals surface area contributed by atoms with E-state index in [0.29, 0.717) is 16.3 Å². The maximum absolute atomic E-state index is 12.5. The molecule has 1 N–H and O–H groups in total. The first-order valence-corrected chi connectivity index (χ1v) is 8.88. The van der Waals surface area contributed by atoms with E-state index in [4.69, 9.17) is 17.0 Å². The van der Waals surface area contributed by atoms with E-state index in [9.17, 15) is 24.8 Å². The summed E-state index contributed by atoms with van der Waals surface area (Å²) >= 11 is 6.25. The van der Waals surface area contributed by atoms with Crippen LogP contribution in [0.15, 0.2) is 17.0 Å². The number of aromatic hydroxyl groups is 1. The average molecular weight is 412 g/mol. The second-order valence-corrected chi connectivity index (χ2v) is 7.04. The molecule has 0 aliphatic carbocycles. The molecule has 1 aliphatic rings. The molecule has 0 spiro atoms. The van der Waals surface area contributed by atoms with Crippen LogP contribution in [-0.4, -0.2) is 51.9 Å². The number of phenols is 1. The summed E-state index contributed by atoms with van der Waals surface area (Å²) in [5, 5.41) is 20.9. The Kier molecular flexibility index (Phi) is 6.75. The minimum Gasteiger partial charge on any atom is -0.500 e. The van der Waals surface area contributed by atoms with E-state index in [1.54, 1.807) is 0 Å². The molecule has 1 heterocycles. The van der Waals surface area contributed by atoms with Gasteiger partial charge in [-0.2, -0.15) is 0 Å². The minimum absolute atomic E-state index is 0.0796. The summed E-state index contributed by atoms with van der Waals surface area (Å²) in [6.07, 6.45) is 1.99. The zero-order valence-corrected chi connectivity index (χ0v) is 16.1. The van der Waals surface area contributed by atoms with Crippen molar-refractivity contribution in [3.8, 4) is 11.5 Å². The van der Waals surface area contributed by atoms with Gasteiger partial charge in [-0.05, 0) is 24.1 Å². The van der Waals surface area contributed by atoms with Gasteiger partial charge in [-0.3, -0.25) is 24.6 Å². The SMILES string of the molecule is COC(=O)CCCN1C(=O)/C(=C/c2cc(OC)c(O)c([N+](=O)[O-])c2)SC1=S. The first-order chi connectivity index (χ1) is 12.8. The number of phenolic OH excluding ortho intramolecular Hbond substituents is 1. The van der Waals surface area contributed by atoms with Gasteiger partial charge in [0.25, 0.3) is 5.91 Å². The van der Waals surface area contributed by atoms with E-state index in [-0.39, 0.29) is 35.5 Å². The van der Waals surface area contributed by atoms with Gasteiger partial charge >= 0.3 is 11.7 Å². The fraction of sp³-hybridized carbons (Fsp3) is 0.312. The Morgan fingerprint density at radius 2 is 2.15 bits per heavy atom. The smallest absolute Gasteiger partial charge is 0.315 e. The monoisotopic (exact) mass is 412 g/mol. The first kappa shape index (κ1) is 20.6. The molecule has 2 rings (SSSR count). The van der Waals surface area contributed by atoms with E-state index in [1.165, 1.54) is 31.3 Å². The molecular weight excluding hydrogens is 396 g/mol. The van der Waals surface area contributed by atoms with Gasteiger partial charge in [0.2, 0.25) is 5.75 Å². The number of nitrogens with zero attached hydrogens (tertiary/aromatic N) is 2. The largest absolute Gasteiger partial charge is 0.500 e. The van der Waals surface area contributed by atoms with Gasteiger partial charge in [-0.15, -0.1) is 0 Å². The molecule has 0 saturated carbocycles. The quantitative estimate of drug-likeness (QED) is 0.237. The van der Waals surface area contributed by atoms with Crippen LogP contribution in [0.2, 0.25) is 0 Å². The van der Waals surface area contributed by atoms with E-state index < -0.39 is 16.4 Å². The van der Waals surface area contributed by atoms with Gasteiger partial charge in [0.05, 0.1) is 24.0 Å². The van der Waals surface area contributed by atoms with Crippen molar-refractivity contribution >= 4 is 51.9 Å². The highest BCUT2D eigenvalue weighted by atomic mass is 32.2. The molecule has 0 atom stereocenters. The van der Waals surface area contributed by atoms with Crippen molar-refractivity contribution in [2.24, 2.45) is 0 Å². The zero-order chi connectivity index (χ0) is 20.1. The highest BCUT2D eigenvalue weighted by molar-refractivity contribution is 8.26. The Bertz CT molecular complexity index is 838. The lowest BCUT2D eigenvalue weighted by molar-refractivity contribution is -0.386. The number of ether oxygens (including phenoxy) is 2. The van der Waals surface area contributed by atoms with Crippen LogP contribution in [0.5, 0.6) is 11.5 Å². The van der Waals surface area contributed by atoms with Gasteiger partial charge in [-0.25, -0.2) is 0 Å². The van der Waals surface area contributed by atoms with Crippen molar-refractivity contribution in [1.29, 1.82) is 0 Å². The molecule has 0 radical (unpaired) electrons. The van der Waals surface area contributed by atoms with Crippen LogP contribution in [0.3, 0.4) is 0 Å². The molecule has 0 unspecified atom stereocenters. The third-order valence-corrected chi connectivity index (χ3v) is 5.03. The number of carbonyl (C=O) groups is 2. The minimum atomic E-state index is -0.743. The summed E-state index contributed by atoms with van der Waals surface area (Å²) in [5.74, 6) is -1.40. The van der Waals surface area contributed by atoms with Crippen molar-refractivity contribution in [2.45, 2.75) is 12.8 Å². The highest BCUT2D eigenvalue weighted by Gasteiger charge is 2.32. The summed E-state index contributed by atoms with van der Waals surface area (Å²) in [5.41, 5.74) is -0.222. The van der Waals surface area contributed by atoms with Gasteiger partial charge in [0.1, 0.15) is 4.32 Å². The molecule has 1 aromatic carbocycles. The van der Waals surface area contributed by atoms with E-state index >= 15 is 0 Å². The number of hydrogen-bond donors (Lipinski definition) is 1. The Morgan fingerprint density at radius 1 is 1.44 bits per heavy atom. The lowest BCUT2D eigenvalue weighted by atomic mass is 10.1. The molecule has 27 heavy (non-hydrogen) atoms. The van der Waals surface area contributed by atoms with Crippen LogP contribution < -0.4 is 4.74 Å². The molecule has 9 nitrogen and oxygen atoms in total. The van der Waals surface area contributed by atoms with Crippen LogP contribution in [0.1, 0.15) is 18.4 Å². The number of thiocarbonyl (C=S) groups is 1. The zero-order valence-electron chi connectivity index (χ0n) is 14.5. The molecule has 144 valence electrons. The van der Waals surface area contributed by atoms with Crippen molar-refractivity contribution in [2.75, 3.05) is 20.8 Å². The molecule has 1 aliphatic heterocycles. The number of amides is 1. The Morgan fingerprint density at radius 3 is 2.74 bits per heavy atom. The van der Waals surface area contributed by atoms with Crippen LogP contribution in [0, 0.1) is 10.1 Å². The Hall–Kier alpha value is -2.66. The van der Waals surface area contributed by atoms with Gasteiger partial charge in [0, 0.05) is 19.0 Å². The van der Waals surface area contributed by atoms with Crippen LogP contribution in [0.25, 0.3) is 6.08 Å². The Labute approximate surface area is 164 Å². The molecule has 1 aromatic rings. The molecule has 1 saturated heterocycles. The number of nitro benzene ring substituents is 1. The third-order valence-electron chi connectivity index (χ3n) is 3.66. The molecule has 1 amide bonds. The number of methoxy groups -OCH3 is 2. The first-order valence-electron chi connectivity index (χ1n) is 7.66. The topological polar surface area (TPSA) is 119 Å². The van der Waals surface area contributed by atoms with Gasteiger partial charge in [0.15, 0.2) is 5.75 Å². The summed E-state index contributed by atoms with van der Waals surface area (Å²) < 4.78 is 9.82. The van der Waals surface area contributed by atoms with Crippen LogP contribution >= 0.6 is 24.0 Å². The maximum atomic E-state index is 12.5. The Balaban J connectivity index is 2.23. The number of carbonyl (C=O) groups excluding carboxylic acids is 2. The average Bonchev–Trinajstić information content (AvgIpc) is 2.89. The predicted octanol–water partition coefficient (Wildman–Crippen LogP) is 2.46. The second-order valence-electron chi connectivity index (χ2n) is 5.36. The number of hydrogen-bond acceptors (Lipinski definition) is 9. The van der Waals surface area contributed by atoms with Crippen molar-refractivity contribution < 1.29 is 29.1 Å². The maximum Gasteiger partial charge on any atom is 0.315 e. The predicted molar refractivity (Wildman–Crippen MR) is 102 cm³/mol. The van der Waals surface area contributed by atoms with Crippen molar-refractivity contribution in [3.05, 3.63) is 32.7 Å². The molecule has 11 heteroatoms. The van der Waals surface area contributed by atoms with E-state index in [1.807, 2.05) is 0 Å². The summed E-state index contributed by atoms with van der Waals surface area (Å²) in [6.45, 7) is 0.260. The van der Waals surface area contributed by atoms with Crippen molar-refractivity contribution in [1.82, 2.24) is 4.90 Å². The summed E-state index contributed by atoms with van der Waals surface area (Å²) in [4.78, 5) is 35.7. The van der Waals surface area contributed by atoms with E-state index in [2.05, 4.69) is 4.74 Å². The lowest BCUT2D eigenvalue weighted by Gasteiger charge is -2.13. The standard InChI is InChI=1S/C16H16N2O7S2/c1-24-11-7-9(6-10(14(11)20)18(22)23)8-12-15(21)17(16(26)27-12)5-3-4-13(19)25-2/h6-8,20H,3-5H2,1-2H3/b12-8-. The van der Waals surface area contributed by atoms with Crippen molar-refractivity contribution in [3.63, 3.8) is 0 Å². The summed E-state index contributed by atoms with van der Waals surface area (Å²) in [7, 11) is 2.55. The normalized spacial score (nSPS) is 15.3. The molecule has 0 aromatic heterocycles. The van der Waals surface area contributed by atoms with E-state index in [0.717, 1.165) is 17.8 Å². The number of thioether (sulfide) groups is 1. The lowest BCUT2D eigenvalue weighted by Crippen LogP contribution is -2.29. The van der Waals surface area contributed by atoms with Gasteiger partial charge < -0.3 is 14.6 Å². The molecule has 1 fully saturated rings. The third kappa shape index (κ3) is 4.74. The van der Waals surface area contributed by atoms with Crippen LogP contribution in [0.4, 0.5) is 5.69 Å². The number of nitro groups is 1.